The van der Waals surface area contributed by atoms with Gasteiger partial charge in [-0.15, -0.1) is 0 Å². The maximum absolute atomic E-state index is 5.77. The van der Waals surface area contributed by atoms with Gasteiger partial charge in [-0.05, 0) is 12.5 Å². The summed E-state index contributed by atoms with van der Waals surface area (Å²) in [5.74, 6) is 0.544. The van der Waals surface area contributed by atoms with Crippen LogP contribution in [0.25, 0.3) is 11.3 Å². The molecular formula is C10H15N7. The molecule has 2 aromatic heterocycles. The molecule has 0 spiro atoms. The van der Waals surface area contributed by atoms with Gasteiger partial charge in [0.2, 0.25) is 5.95 Å². The Balaban J connectivity index is 2.45. The van der Waals surface area contributed by atoms with Crippen molar-refractivity contribution in [1.29, 1.82) is 0 Å². The molecule has 90 valence electrons. The van der Waals surface area contributed by atoms with Crippen molar-refractivity contribution in [2.24, 2.45) is 0 Å². The quantitative estimate of drug-likeness (QED) is 0.612. The van der Waals surface area contributed by atoms with Crippen LogP contribution in [0.5, 0.6) is 0 Å². The number of aryl methyl sites for hydroxylation is 1. The van der Waals surface area contributed by atoms with Gasteiger partial charge in [0.25, 0.3) is 0 Å². The minimum Gasteiger partial charge on any atom is -0.383 e. The number of rotatable bonds is 3. The van der Waals surface area contributed by atoms with E-state index in [-0.39, 0.29) is 17.6 Å². The molecule has 0 aliphatic carbocycles. The van der Waals surface area contributed by atoms with E-state index in [1.807, 2.05) is 6.07 Å². The van der Waals surface area contributed by atoms with E-state index in [9.17, 15) is 0 Å². The summed E-state index contributed by atoms with van der Waals surface area (Å²) >= 11 is 0. The maximum atomic E-state index is 5.77. The lowest BCUT2D eigenvalue weighted by atomic mass is 10.1. The average molecular weight is 233 g/mol. The number of aromatic nitrogens is 4. The van der Waals surface area contributed by atoms with Gasteiger partial charge in [0.1, 0.15) is 11.6 Å². The SMILES string of the molecule is CCCc1cc(-c2c(N)nc(N)nc2N)n[nH]1. The third-order valence-corrected chi connectivity index (χ3v) is 2.39. The van der Waals surface area contributed by atoms with Crippen molar-refractivity contribution in [1.82, 2.24) is 20.2 Å². The highest BCUT2D eigenvalue weighted by molar-refractivity contribution is 5.81. The molecule has 7 nitrogen and oxygen atoms in total. The normalized spacial score (nSPS) is 10.6. The zero-order valence-electron chi connectivity index (χ0n) is 9.57. The number of nitrogens with two attached hydrogens (primary N) is 3. The van der Waals surface area contributed by atoms with Gasteiger partial charge in [0.05, 0.1) is 11.3 Å². The highest BCUT2D eigenvalue weighted by atomic mass is 15.1. The van der Waals surface area contributed by atoms with Crippen LogP contribution in [0.4, 0.5) is 17.6 Å². The van der Waals surface area contributed by atoms with Crippen molar-refractivity contribution in [3.63, 3.8) is 0 Å². The Labute approximate surface area is 98.4 Å². The second-order valence-corrected chi connectivity index (χ2v) is 3.76. The summed E-state index contributed by atoms with van der Waals surface area (Å²) in [6, 6.07) is 1.89. The van der Waals surface area contributed by atoms with Gasteiger partial charge in [-0.25, -0.2) is 0 Å². The first-order valence-corrected chi connectivity index (χ1v) is 5.35. The Kier molecular flexibility index (Phi) is 2.82. The molecule has 0 bridgehead atoms. The highest BCUT2D eigenvalue weighted by Crippen LogP contribution is 2.28. The second kappa shape index (κ2) is 4.28. The molecule has 17 heavy (non-hydrogen) atoms. The van der Waals surface area contributed by atoms with Crippen molar-refractivity contribution in [3.05, 3.63) is 11.8 Å². The predicted molar refractivity (Wildman–Crippen MR) is 66.8 cm³/mol. The number of hydrogen-bond acceptors (Lipinski definition) is 6. The van der Waals surface area contributed by atoms with E-state index in [4.69, 9.17) is 17.2 Å². The third-order valence-electron chi connectivity index (χ3n) is 2.39. The Morgan fingerprint density at radius 3 is 2.41 bits per heavy atom. The smallest absolute Gasteiger partial charge is 0.223 e. The molecule has 0 aliphatic rings. The number of nitrogens with one attached hydrogen (secondary N) is 1. The summed E-state index contributed by atoms with van der Waals surface area (Å²) in [7, 11) is 0. The summed E-state index contributed by atoms with van der Waals surface area (Å²) < 4.78 is 0. The summed E-state index contributed by atoms with van der Waals surface area (Å²) in [6.45, 7) is 2.09. The van der Waals surface area contributed by atoms with Crippen LogP contribution in [0.2, 0.25) is 0 Å². The molecule has 0 aliphatic heterocycles. The van der Waals surface area contributed by atoms with E-state index in [1.54, 1.807) is 0 Å². The molecule has 0 saturated carbocycles. The van der Waals surface area contributed by atoms with Crippen LogP contribution in [0.1, 0.15) is 19.0 Å². The number of nitrogen functional groups attached to an aromatic ring is 3. The van der Waals surface area contributed by atoms with Crippen LogP contribution < -0.4 is 17.2 Å². The maximum Gasteiger partial charge on any atom is 0.223 e. The largest absolute Gasteiger partial charge is 0.383 e. The van der Waals surface area contributed by atoms with Gasteiger partial charge in [0, 0.05) is 5.69 Å². The first-order chi connectivity index (χ1) is 8.11. The lowest BCUT2D eigenvalue weighted by Gasteiger charge is -2.05. The van der Waals surface area contributed by atoms with Crippen LogP contribution in [0.15, 0.2) is 6.07 Å². The van der Waals surface area contributed by atoms with E-state index < -0.39 is 0 Å². The van der Waals surface area contributed by atoms with Crippen LogP contribution in [0.3, 0.4) is 0 Å². The van der Waals surface area contributed by atoms with E-state index in [1.165, 1.54) is 0 Å². The van der Waals surface area contributed by atoms with Crippen molar-refractivity contribution >= 4 is 17.6 Å². The molecule has 2 aromatic rings. The Hall–Kier alpha value is -2.31. The Morgan fingerprint density at radius 1 is 1.18 bits per heavy atom. The zero-order chi connectivity index (χ0) is 12.4. The molecule has 0 saturated heterocycles. The van der Waals surface area contributed by atoms with E-state index in [2.05, 4.69) is 27.1 Å². The summed E-state index contributed by atoms with van der Waals surface area (Å²) in [5, 5.41) is 7.08. The molecule has 2 rings (SSSR count). The minimum absolute atomic E-state index is 0.0630. The van der Waals surface area contributed by atoms with Gasteiger partial charge < -0.3 is 17.2 Å². The van der Waals surface area contributed by atoms with Crippen LogP contribution >= 0.6 is 0 Å². The zero-order valence-corrected chi connectivity index (χ0v) is 9.57. The second-order valence-electron chi connectivity index (χ2n) is 3.76. The molecule has 0 unspecified atom stereocenters. The van der Waals surface area contributed by atoms with Gasteiger partial charge in [-0.3, -0.25) is 5.10 Å². The summed E-state index contributed by atoms with van der Waals surface area (Å²) in [4.78, 5) is 7.75. The molecule has 0 radical (unpaired) electrons. The molecule has 7 N–H and O–H groups in total. The number of aromatic amines is 1. The van der Waals surface area contributed by atoms with Crippen molar-refractivity contribution < 1.29 is 0 Å². The fourth-order valence-corrected chi connectivity index (χ4v) is 1.66. The van der Waals surface area contributed by atoms with Gasteiger partial charge in [-0.2, -0.15) is 15.1 Å². The Morgan fingerprint density at radius 2 is 1.82 bits per heavy atom. The van der Waals surface area contributed by atoms with Gasteiger partial charge >= 0.3 is 0 Å². The molecular weight excluding hydrogens is 218 g/mol. The lowest BCUT2D eigenvalue weighted by molar-refractivity contribution is 0.867. The van der Waals surface area contributed by atoms with Crippen molar-refractivity contribution in [3.8, 4) is 11.3 Å². The van der Waals surface area contributed by atoms with Crippen molar-refractivity contribution in [2.75, 3.05) is 17.2 Å². The Bertz CT molecular complexity index is 508. The number of H-pyrrole nitrogens is 1. The van der Waals surface area contributed by atoms with E-state index >= 15 is 0 Å². The van der Waals surface area contributed by atoms with Crippen LogP contribution in [-0.2, 0) is 6.42 Å². The van der Waals surface area contributed by atoms with Crippen LogP contribution in [0, 0.1) is 0 Å². The van der Waals surface area contributed by atoms with Crippen LogP contribution in [-0.4, -0.2) is 20.2 Å². The average Bonchev–Trinajstić information content (AvgIpc) is 2.65. The van der Waals surface area contributed by atoms with E-state index in [0.717, 1.165) is 18.5 Å². The molecule has 0 atom stereocenters. The third kappa shape index (κ3) is 2.12. The number of nitrogens with zero attached hydrogens (tertiary/aromatic N) is 3. The topological polar surface area (TPSA) is 133 Å². The fourth-order valence-electron chi connectivity index (χ4n) is 1.66. The number of anilines is 3. The lowest BCUT2D eigenvalue weighted by Crippen LogP contribution is -2.06. The summed E-state index contributed by atoms with van der Waals surface area (Å²) in [5.41, 5.74) is 19.2. The predicted octanol–water partition coefficient (Wildman–Crippen LogP) is 0.566. The first kappa shape index (κ1) is 11.2. The fraction of sp³-hybridized carbons (Fsp3) is 0.300. The molecule has 0 aromatic carbocycles. The highest BCUT2D eigenvalue weighted by Gasteiger charge is 2.14. The van der Waals surface area contributed by atoms with Gasteiger partial charge in [0.15, 0.2) is 0 Å². The van der Waals surface area contributed by atoms with Gasteiger partial charge in [-0.1, -0.05) is 13.3 Å². The van der Waals surface area contributed by atoms with Crippen molar-refractivity contribution in [2.45, 2.75) is 19.8 Å². The molecule has 7 heteroatoms. The number of hydrogen-bond donors (Lipinski definition) is 4. The molecule has 0 fully saturated rings. The van der Waals surface area contributed by atoms with E-state index in [0.29, 0.717) is 11.3 Å². The molecule has 0 amide bonds. The molecule has 2 heterocycles. The monoisotopic (exact) mass is 233 g/mol. The first-order valence-electron chi connectivity index (χ1n) is 5.35. The minimum atomic E-state index is 0.0630. The standard InChI is InChI=1S/C10H15N7/c1-2-3-5-4-6(17-16-5)7-8(11)14-10(13)15-9(7)12/h4H,2-3H2,1H3,(H,16,17)(H6,11,12,13,14,15). The summed E-state index contributed by atoms with van der Waals surface area (Å²) in [6.07, 6.45) is 1.95.